The van der Waals surface area contributed by atoms with E-state index in [1.807, 2.05) is 13.8 Å². The number of carbonyl (C=O) groups excluding carboxylic acids is 1. The summed E-state index contributed by atoms with van der Waals surface area (Å²) in [6.45, 7) is 9.23. The van der Waals surface area contributed by atoms with E-state index in [0.29, 0.717) is 24.1 Å². The van der Waals surface area contributed by atoms with E-state index in [1.165, 1.54) is 0 Å². The van der Waals surface area contributed by atoms with E-state index in [2.05, 4.69) is 5.32 Å². The molecule has 0 fully saturated rings. The molecule has 0 aromatic heterocycles. The molecule has 1 amide bonds. The first-order chi connectivity index (χ1) is 11.0. The van der Waals surface area contributed by atoms with Gasteiger partial charge in [0.15, 0.2) is 9.84 Å². The molecule has 0 unspecified atom stereocenters. The molecular formula is C18H31ClN2O3S. The minimum absolute atomic E-state index is 0. The lowest BCUT2D eigenvalue weighted by Gasteiger charge is -2.28. The van der Waals surface area contributed by atoms with Crippen LogP contribution in [-0.4, -0.2) is 25.6 Å². The van der Waals surface area contributed by atoms with Gasteiger partial charge in [-0.05, 0) is 51.3 Å². The standard InChI is InChI=1S/C18H30N2O3S.ClH/c1-6-18(7-2,13-19)16(21)20-15-10-8-9-14(11-15)12-24(22,23)17(3,4)5;/h8-11H,6-7,12-13,19H2,1-5H3,(H,20,21);1H. The first-order valence-electron chi connectivity index (χ1n) is 8.34. The van der Waals surface area contributed by atoms with Crippen molar-refractivity contribution in [2.75, 3.05) is 11.9 Å². The van der Waals surface area contributed by atoms with Crippen LogP contribution in [0.1, 0.15) is 53.0 Å². The monoisotopic (exact) mass is 390 g/mol. The number of rotatable bonds is 7. The van der Waals surface area contributed by atoms with Crippen LogP contribution in [0.5, 0.6) is 0 Å². The Labute approximate surface area is 158 Å². The van der Waals surface area contributed by atoms with Crippen molar-refractivity contribution in [3.63, 3.8) is 0 Å². The van der Waals surface area contributed by atoms with Crippen LogP contribution < -0.4 is 11.1 Å². The van der Waals surface area contributed by atoms with E-state index >= 15 is 0 Å². The van der Waals surface area contributed by atoms with Gasteiger partial charge in [0.2, 0.25) is 5.91 Å². The number of carbonyl (C=O) groups is 1. The summed E-state index contributed by atoms with van der Waals surface area (Å²) in [5.74, 6) is -0.171. The molecule has 25 heavy (non-hydrogen) atoms. The zero-order valence-corrected chi connectivity index (χ0v) is 17.4. The van der Waals surface area contributed by atoms with E-state index in [-0.39, 0.29) is 30.6 Å². The molecule has 5 nitrogen and oxygen atoms in total. The summed E-state index contributed by atoms with van der Waals surface area (Å²) in [6.07, 6.45) is 1.31. The second-order valence-electron chi connectivity index (χ2n) is 7.22. The topological polar surface area (TPSA) is 89.3 Å². The summed E-state index contributed by atoms with van der Waals surface area (Å²) in [5.41, 5.74) is 6.47. The number of halogens is 1. The smallest absolute Gasteiger partial charge is 0.231 e. The van der Waals surface area contributed by atoms with Crippen LogP contribution in [0.25, 0.3) is 0 Å². The third-order valence-electron chi connectivity index (χ3n) is 4.70. The normalized spacial score (nSPS) is 12.4. The van der Waals surface area contributed by atoms with E-state index < -0.39 is 20.0 Å². The average Bonchev–Trinajstić information content (AvgIpc) is 2.48. The third-order valence-corrected chi connectivity index (χ3v) is 7.28. The van der Waals surface area contributed by atoms with Gasteiger partial charge in [-0.2, -0.15) is 0 Å². The van der Waals surface area contributed by atoms with Crippen molar-refractivity contribution in [2.45, 2.75) is 58.0 Å². The Balaban J connectivity index is 0.00000576. The zero-order valence-electron chi connectivity index (χ0n) is 15.8. The second kappa shape index (κ2) is 9.01. The number of benzene rings is 1. The zero-order chi connectivity index (χ0) is 18.6. The fourth-order valence-corrected chi connectivity index (χ4v) is 3.44. The lowest BCUT2D eigenvalue weighted by Crippen LogP contribution is -2.41. The van der Waals surface area contributed by atoms with Gasteiger partial charge in [-0.25, -0.2) is 8.42 Å². The largest absolute Gasteiger partial charge is 0.329 e. The SMILES string of the molecule is CCC(CC)(CN)C(=O)Nc1cccc(CS(=O)(=O)C(C)(C)C)c1.Cl. The highest BCUT2D eigenvalue weighted by molar-refractivity contribution is 7.91. The predicted octanol–water partition coefficient (Wildman–Crippen LogP) is 3.53. The molecule has 0 aliphatic carbocycles. The van der Waals surface area contributed by atoms with Crippen molar-refractivity contribution in [2.24, 2.45) is 11.1 Å². The van der Waals surface area contributed by atoms with Gasteiger partial charge < -0.3 is 11.1 Å². The molecular weight excluding hydrogens is 360 g/mol. The van der Waals surface area contributed by atoms with Gasteiger partial charge in [-0.1, -0.05) is 26.0 Å². The fourth-order valence-electron chi connectivity index (χ4n) is 2.39. The Morgan fingerprint density at radius 2 is 1.72 bits per heavy atom. The number of amides is 1. The van der Waals surface area contributed by atoms with Gasteiger partial charge in [0.1, 0.15) is 0 Å². The summed E-state index contributed by atoms with van der Waals surface area (Å²) in [5, 5.41) is 2.89. The molecule has 0 radical (unpaired) electrons. The molecule has 1 rings (SSSR count). The van der Waals surface area contributed by atoms with Gasteiger partial charge in [0.25, 0.3) is 0 Å². The Hall–Kier alpha value is -1.11. The van der Waals surface area contributed by atoms with Crippen LogP contribution in [0.3, 0.4) is 0 Å². The Bertz CT molecular complexity index is 670. The number of sulfone groups is 1. The number of hydrogen-bond donors (Lipinski definition) is 2. The quantitative estimate of drug-likeness (QED) is 0.745. The molecule has 0 aliphatic heterocycles. The van der Waals surface area contributed by atoms with Crippen molar-refractivity contribution in [3.8, 4) is 0 Å². The van der Waals surface area contributed by atoms with Crippen LogP contribution in [0.4, 0.5) is 5.69 Å². The molecule has 0 bridgehead atoms. The van der Waals surface area contributed by atoms with Crippen molar-refractivity contribution >= 4 is 33.8 Å². The summed E-state index contributed by atoms with van der Waals surface area (Å²) < 4.78 is 23.9. The number of nitrogens with one attached hydrogen (secondary N) is 1. The van der Waals surface area contributed by atoms with Crippen molar-refractivity contribution in [3.05, 3.63) is 29.8 Å². The fraction of sp³-hybridized carbons (Fsp3) is 0.611. The number of hydrogen-bond acceptors (Lipinski definition) is 4. The summed E-state index contributed by atoms with van der Waals surface area (Å²) >= 11 is 0. The highest BCUT2D eigenvalue weighted by atomic mass is 35.5. The van der Waals surface area contributed by atoms with Gasteiger partial charge in [-0.15, -0.1) is 12.4 Å². The molecule has 0 aliphatic rings. The van der Waals surface area contributed by atoms with Crippen LogP contribution in [0, 0.1) is 5.41 Å². The Morgan fingerprint density at radius 3 is 2.16 bits per heavy atom. The Morgan fingerprint density at radius 1 is 1.16 bits per heavy atom. The van der Waals surface area contributed by atoms with Gasteiger partial charge >= 0.3 is 0 Å². The Kier molecular flexibility index (Phi) is 8.61. The first-order valence-corrected chi connectivity index (χ1v) is 9.99. The summed E-state index contributed by atoms with van der Waals surface area (Å²) in [4.78, 5) is 12.6. The minimum Gasteiger partial charge on any atom is -0.329 e. The maximum Gasteiger partial charge on any atom is 0.231 e. The van der Waals surface area contributed by atoms with E-state index in [0.717, 1.165) is 0 Å². The van der Waals surface area contributed by atoms with Gasteiger partial charge in [0, 0.05) is 12.2 Å². The average molecular weight is 391 g/mol. The van der Waals surface area contributed by atoms with Gasteiger partial charge in [0.05, 0.1) is 15.9 Å². The lowest BCUT2D eigenvalue weighted by atomic mass is 9.81. The molecule has 1 aromatic rings. The lowest BCUT2D eigenvalue weighted by molar-refractivity contribution is -0.125. The molecule has 1 aromatic carbocycles. The van der Waals surface area contributed by atoms with E-state index in [4.69, 9.17) is 5.73 Å². The molecule has 7 heteroatoms. The van der Waals surface area contributed by atoms with Crippen molar-refractivity contribution < 1.29 is 13.2 Å². The number of anilines is 1. The molecule has 0 saturated heterocycles. The van der Waals surface area contributed by atoms with Gasteiger partial charge in [-0.3, -0.25) is 4.79 Å². The van der Waals surface area contributed by atoms with Crippen LogP contribution in [0.2, 0.25) is 0 Å². The highest BCUT2D eigenvalue weighted by Crippen LogP contribution is 2.27. The first kappa shape index (κ1) is 23.9. The maximum absolute atomic E-state index is 12.6. The summed E-state index contributed by atoms with van der Waals surface area (Å²) in [6, 6.07) is 6.99. The molecule has 0 spiro atoms. The third kappa shape index (κ3) is 5.69. The predicted molar refractivity (Wildman–Crippen MR) is 107 cm³/mol. The van der Waals surface area contributed by atoms with Crippen LogP contribution in [0.15, 0.2) is 24.3 Å². The molecule has 0 saturated carbocycles. The molecule has 0 atom stereocenters. The van der Waals surface area contributed by atoms with E-state index in [9.17, 15) is 13.2 Å². The highest BCUT2D eigenvalue weighted by Gasteiger charge is 2.33. The molecule has 3 N–H and O–H groups in total. The number of nitrogens with two attached hydrogens (primary N) is 1. The summed E-state index contributed by atoms with van der Waals surface area (Å²) in [7, 11) is -3.27. The van der Waals surface area contributed by atoms with Crippen LogP contribution >= 0.6 is 12.4 Å². The molecule has 144 valence electrons. The maximum atomic E-state index is 12.6. The van der Waals surface area contributed by atoms with Crippen molar-refractivity contribution in [1.82, 2.24) is 0 Å². The van der Waals surface area contributed by atoms with Crippen LogP contribution in [-0.2, 0) is 20.4 Å². The molecule has 0 heterocycles. The van der Waals surface area contributed by atoms with E-state index in [1.54, 1.807) is 45.0 Å². The minimum atomic E-state index is -3.27. The van der Waals surface area contributed by atoms with Crippen molar-refractivity contribution in [1.29, 1.82) is 0 Å². The second-order valence-corrected chi connectivity index (χ2v) is 9.96.